The SMILES string of the molecule is Cn1nncc1C(=O)CN1CCCNCC1. The second-order valence-electron chi connectivity index (χ2n) is 4.05. The molecule has 0 aromatic carbocycles. The molecule has 2 rings (SSSR count). The number of aryl methyl sites for hydroxylation is 1. The Morgan fingerprint density at radius 1 is 1.50 bits per heavy atom. The van der Waals surface area contributed by atoms with Crippen molar-refractivity contribution in [3.63, 3.8) is 0 Å². The molecule has 1 aromatic rings. The van der Waals surface area contributed by atoms with E-state index in [1.165, 1.54) is 10.9 Å². The van der Waals surface area contributed by atoms with Crippen molar-refractivity contribution in [2.24, 2.45) is 7.05 Å². The molecule has 6 heteroatoms. The van der Waals surface area contributed by atoms with Gasteiger partial charge < -0.3 is 5.32 Å². The number of nitrogens with one attached hydrogen (secondary N) is 1. The lowest BCUT2D eigenvalue weighted by molar-refractivity contribution is 0.0925. The van der Waals surface area contributed by atoms with Crippen molar-refractivity contribution in [1.29, 1.82) is 0 Å². The van der Waals surface area contributed by atoms with Gasteiger partial charge in [-0.2, -0.15) is 0 Å². The Morgan fingerprint density at radius 2 is 2.38 bits per heavy atom. The molecule has 1 aromatic heterocycles. The fourth-order valence-corrected chi connectivity index (χ4v) is 1.89. The van der Waals surface area contributed by atoms with Crippen molar-refractivity contribution >= 4 is 5.78 Å². The van der Waals surface area contributed by atoms with Gasteiger partial charge in [-0.05, 0) is 19.5 Å². The van der Waals surface area contributed by atoms with Crippen LogP contribution in [0.3, 0.4) is 0 Å². The van der Waals surface area contributed by atoms with Crippen LogP contribution in [0.25, 0.3) is 0 Å². The summed E-state index contributed by atoms with van der Waals surface area (Å²) in [7, 11) is 1.74. The van der Waals surface area contributed by atoms with Crippen LogP contribution < -0.4 is 5.32 Å². The van der Waals surface area contributed by atoms with E-state index in [1.54, 1.807) is 7.05 Å². The number of hydrogen-bond acceptors (Lipinski definition) is 5. The maximum atomic E-state index is 11.9. The van der Waals surface area contributed by atoms with Crippen molar-refractivity contribution in [2.45, 2.75) is 6.42 Å². The van der Waals surface area contributed by atoms with Gasteiger partial charge in [-0.15, -0.1) is 5.10 Å². The minimum atomic E-state index is 0.0920. The first-order chi connectivity index (χ1) is 7.77. The van der Waals surface area contributed by atoms with E-state index >= 15 is 0 Å². The largest absolute Gasteiger partial charge is 0.315 e. The van der Waals surface area contributed by atoms with Crippen LogP contribution in [-0.2, 0) is 7.05 Å². The number of aromatic nitrogens is 3. The molecule has 88 valence electrons. The van der Waals surface area contributed by atoms with Crippen molar-refractivity contribution < 1.29 is 4.79 Å². The summed E-state index contributed by atoms with van der Waals surface area (Å²) in [6, 6.07) is 0. The molecule has 1 saturated heterocycles. The van der Waals surface area contributed by atoms with Crippen LogP contribution in [0.2, 0.25) is 0 Å². The topological polar surface area (TPSA) is 63.1 Å². The zero-order valence-electron chi connectivity index (χ0n) is 9.52. The Balaban J connectivity index is 1.93. The molecular weight excluding hydrogens is 206 g/mol. The summed E-state index contributed by atoms with van der Waals surface area (Å²) in [5.41, 5.74) is 0.581. The van der Waals surface area contributed by atoms with E-state index in [9.17, 15) is 4.79 Å². The Morgan fingerprint density at radius 3 is 3.12 bits per heavy atom. The van der Waals surface area contributed by atoms with E-state index < -0.39 is 0 Å². The molecule has 0 spiro atoms. The van der Waals surface area contributed by atoms with Crippen LogP contribution >= 0.6 is 0 Å². The molecule has 1 aliphatic heterocycles. The van der Waals surface area contributed by atoms with Gasteiger partial charge in [0.15, 0.2) is 5.78 Å². The van der Waals surface area contributed by atoms with E-state index in [0.717, 1.165) is 32.6 Å². The number of ketones is 1. The van der Waals surface area contributed by atoms with Gasteiger partial charge in [0.25, 0.3) is 0 Å². The van der Waals surface area contributed by atoms with Crippen LogP contribution in [0.15, 0.2) is 6.20 Å². The highest BCUT2D eigenvalue weighted by Gasteiger charge is 2.16. The van der Waals surface area contributed by atoms with Gasteiger partial charge in [0.2, 0.25) is 0 Å². The molecule has 2 heterocycles. The van der Waals surface area contributed by atoms with Gasteiger partial charge in [0, 0.05) is 20.1 Å². The van der Waals surface area contributed by atoms with Crippen LogP contribution in [0.5, 0.6) is 0 Å². The maximum Gasteiger partial charge on any atom is 0.196 e. The van der Waals surface area contributed by atoms with Crippen LogP contribution in [0, 0.1) is 0 Å². The molecule has 0 amide bonds. The highest BCUT2D eigenvalue weighted by molar-refractivity contribution is 5.95. The molecule has 1 aliphatic rings. The number of rotatable bonds is 3. The van der Waals surface area contributed by atoms with Crippen molar-refractivity contribution in [1.82, 2.24) is 25.2 Å². The summed E-state index contributed by atoms with van der Waals surface area (Å²) in [4.78, 5) is 14.1. The molecule has 0 unspecified atom stereocenters. The van der Waals surface area contributed by atoms with E-state index in [4.69, 9.17) is 0 Å². The van der Waals surface area contributed by atoms with Gasteiger partial charge in [-0.1, -0.05) is 5.21 Å². The summed E-state index contributed by atoms with van der Waals surface area (Å²) in [6.45, 7) is 4.36. The second kappa shape index (κ2) is 5.18. The standard InChI is InChI=1S/C10H17N5O/c1-14-9(7-12-13-14)10(16)8-15-5-2-3-11-4-6-15/h7,11H,2-6,8H2,1H3. The molecule has 16 heavy (non-hydrogen) atoms. The molecule has 0 saturated carbocycles. The smallest absolute Gasteiger partial charge is 0.196 e. The number of Topliss-reactive ketones (excluding diaryl/α,β-unsaturated/α-hetero) is 1. The van der Waals surface area contributed by atoms with E-state index in [-0.39, 0.29) is 5.78 Å². The average molecular weight is 223 g/mol. The fourth-order valence-electron chi connectivity index (χ4n) is 1.89. The highest BCUT2D eigenvalue weighted by Crippen LogP contribution is 2.01. The van der Waals surface area contributed by atoms with Crippen molar-refractivity contribution in [2.75, 3.05) is 32.7 Å². The molecule has 0 bridgehead atoms. The average Bonchev–Trinajstić information content (AvgIpc) is 2.53. The zero-order valence-corrected chi connectivity index (χ0v) is 9.52. The Bertz CT molecular complexity index is 354. The Kier molecular flexibility index (Phi) is 3.63. The van der Waals surface area contributed by atoms with Gasteiger partial charge >= 0.3 is 0 Å². The first-order valence-corrected chi connectivity index (χ1v) is 5.58. The minimum Gasteiger partial charge on any atom is -0.315 e. The van der Waals surface area contributed by atoms with Gasteiger partial charge in [-0.3, -0.25) is 9.69 Å². The maximum absolute atomic E-state index is 11.9. The third kappa shape index (κ3) is 2.65. The lowest BCUT2D eigenvalue weighted by Gasteiger charge is -2.17. The molecule has 0 atom stereocenters. The van der Waals surface area contributed by atoms with Crippen LogP contribution in [-0.4, -0.2) is 58.4 Å². The molecule has 1 fully saturated rings. The Hall–Kier alpha value is -1.27. The number of carbonyl (C=O) groups is 1. The lowest BCUT2D eigenvalue weighted by atomic mass is 10.2. The third-order valence-electron chi connectivity index (χ3n) is 2.80. The Labute approximate surface area is 94.6 Å². The van der Waals surface area contributed by atoms with E-state index in [1.807, 2.05) is 0 Å². The molecule has 0 radical (unpaired) electrons. The molecular formula is C10H17N5O. The normalized spacial score (nSPS) is 18.3. The summed E-state index contributed by atoms with van der Waals surface area (Å²) in [5.74, 6) is 0.0920. The fraction of sp³-hybridized carbons (Fsp3) is 0.700. The predicted molar refractivity (Wildman–Crippen MR) is 59.3 cm³/mol. The summed E-state index contributed by atoms with van der Waals surface area (Å²) >= 11 is 0. The number of nitrogens with zero attached hydrogens (tertiary/aromatic N) is 4. The van der Waals surface area contributed by atoms with Crippen LogP contribution in [0.1, 0.15) is 16.9 Å². The summed E-state index contributed by atoms with van der Waals surface area (Å²) in [6.07, 6.45) is 2.62. The van der Waals surface area contributed by atoms with Crippen molar-refractivity contribution in [3.05, 3.63) is 11.9 Å². The van der Waals surface area contributed by atoms with Gasteiger partial charge in [0.05, 0.1) is 12.7 Å². The minimum absolute atomic E-state index is 0.0920. The lowest BCUT2D eigenvalue weighted by Crippen LogP contribution is -2.33. The van der Waals surface area contributed by atoms with E-state index in [2.05, 4.69) is 20.5 Å². The van der Waals surface area contributed by atoms with Crippen molar-refractivity contribution in [3.8, 4) is 0 Å². The zero-order chi connectivity index (χ0) is 11.4. The van der Waals surface area contributed by atoms with Gasteiger partial charge in [0.1, 0.15) is 5.69 Å². The van der Waals surface area contributed by atoms with Gasteiger partial charge in [-0.25, -0.2) is 4.68 Å². The summed E-state index contributed by atoms with van der Waals surface area (Å²) < 4.78 is 1.53. The number of hydrogen-bond donors (Lipinski definition) is 1. The highest BCUT2D eigenvalue weighted by atomic mass is 16.1. The second-order valence-corrected chi connectivity index (χ2v) is 4.05. The van der Waals surface area contributed by atoms with Crippen LogP contribution in [0.4, 0.5) is 0 Å². The monoisotopic (exact) mass is 223 g/mol. The first kappa shape index (κ1) is 11.2. The predicted octanol–water partition coefficient (Wildman–Crippen LogP) is -0.707. The quantitative estimate of drug-likeness (QED) is 0.686. The molecule has 1 N–H and O–H groups in total. The van der Waals surface area contributed by atoms with E-state index in [0.29, 0.717) is 12.2 Å². The number of carbonyl (C=O) groups excluding carboxylic acids is 1. The third-order valence-corrected chi connectivity index (χ3v) is 2.80. The molecule has 6 nitrogen and oxygen atoms in total. The molecule has 0 aliphatic carbocycles. The first-order valence-electron chi connectivity index (χ1n) is 5.58. The summed E-state index contributed by atoms with van der Waals surface area (Å²) in [5, 5.41) is 10.8.